The molecule has 0 atom stereocenters. The third-order valence-electron chi connectivity index (χ3n) is 4.29. The van der Waals surface area contributed by atoms with Gasteiger partial charge in [-0.05, 0) is 54.6 Å². The van der Waals surface area contributed by atoms with E-state index in [4.69, 9.17) is 4.42 Å². The zero-order valence-corrected chi connectivity index (χ0v) is 16.9. The number of nitro benzene ring substituents is 1. The van der Waals surface area contributed by atoms with Gasteiger partial charge in [0, 0.05) is 40.9 Å². The summed E-state index contributed by atoms with van der Waals surface area (Å²) in [5.74, 6) is -0.0573. The first-order chi connectivity index (χ1) is 15.4. The highest BCUT2D eigenvalue weighted by Crippen LogP contribution is 2.26. The van der Waals surface area contributed by atoms with Crippen LogP contribution in [0.15, 0.2) is 71.1 Å². The van der Waals surface area contributed by atoms with Crippen LogP contribution in [0.1, 0.15) is 10.4 Å². The van der Waals surface area contributed by atoms with Crippen molar-refractivity contribution in [2.45, 2.75) is 0 Å². The SMILES string of the molecule is O=C(NSC(=O)c1ccc([N+](=O)[O-])cc1)Nc1ccc2oc(-c3ccc(F)cc3)nc2c1. The first kappa shape index (κ1) is 21.0. The molecule has 0 aliphatic rings. The molecule has 9 nitrogen and oxygen atoms in total. The molecule has 0 aliphatic carbocycles. The molecule has 2 N–H and O–H groups in total. The van der Waals surface area contributed by atoms with Crippen molar-refractivity contribution in [3.05, 3.63) is 88.2 Å². The number of hydrogen-bond acceptors (Lipinski definition) is 7. The van der Waals surface area contributed by atoms with Gasteiger partial charge in [0.1, 0.15) is 11.3 Å². The molecule has 160 valence electrons. The van der Waals surface area contributed by atoms with Gasteiger partial charge in [-0.3, -0.25) is 19.6 Å². The van der Waals surface area contributed by atoms with Crippen molar-refractivity contribution in [1.82, 2.24) is 9.71 Å². The smallest absolute Gasteiger partial charge is 0.329 e. The summed E-state index contributed by atoms with van der Waals surface area (Å²) in [6, 6.07) is 14.9. The summed E-state index contributed by atoms with van der Waals surface area (Å²) in [5.41, 5.74) is 2.06. The number of amides is 2. The van der Waals surface area contributed by atoms with Crippen molar-refractivity contribution in [3.8, 4) is 11.5 Å². The molecule has 0 unspecified atom stereocenters. The van der Waals surface area contributed by atoms with E-state index in [1.807, 2.05) is 0 Å². The largest absolute Gasteiger partial charge is 0.436 e. The number of aromatic nitrogens is 1. The standard InChI is InChI=1S/C21H13FN4O5S/c22-14-5-1-12(2-6-14)19-24-17-11-15(7-10-18(17)31-19)23-21(28)25-32-20(27)13-3-8-16(9-4-13)26(29)30/h1-11H,(H2,23,25,28). The first-order valence-electron chi connectivity index (χ1n) is 9.08. The van der Waals surface area contributed by atoms with Gasteiger partial charge in [-0.15, -0.1) is 0 Å². The van der Waals surface area contributed by atoms with Crippen LogP contribution in [0.2, 0.25) is 0 Å². The van der Waals surface area contributed by atoms with E-state index in [0.29, 0.717) is 40.2 Å². The number of benzene rings is 3. The lowest BCUT2D eigenvalue weighted by Gasteiger charge is -2.06. The highest BCUT2D eigenvalue weighted by Gasteiger charge is 2.13. The van der Waals surface area contributed by atoms with Crippen molar-refractivity contribution in [2.75, 3.05) is 5.32 Å². The highest BCUT2D eigenvalue weighted by molar-refractivity contribution is 8.12. The number of non-ortho nitro benzene ring substituents is 1. The Morgan fingerprint density at radius 2 is 1.75 bits per heavy atom. The normalized spacial score (nSPS) is 10.7. The van der Waals surface area contributed by atoms with Gasteiger partial charge in [-0.25, -0.2) is 14.2 Å². The third kappa shape index (κ3) is 4.73. The van der Waals surface area contributed by atoms with Gasteiger partial charge in [0.05, 0.1) is 4.92 Å². The van der Waals surface area contributed by atoms with Crippen LogP contribution in [0.3, 0.4) is 0 Å². The molecule has 0 aliphatic heterocycles. The van der Waals surface area contributed by atoms with Crippen molar-refractivity contribution in [3.63, 3.8) is 0 Å². The Balaban J connectivity index is 1.38. The van der Waals surface area contributed by atoms with E-state index in [0.717, 1.165) is 0 Å². The average molecular weight is 452 g/mol. The molecule has 0 saturated carbocycles. The zero-order valence-electron chi connectivity index (χ0n) is 16.1. The van der Waals surface area contributed by atoms with Crippen LogP contribution in [0.5, 0.6) is 0 Å². The monoisotopic (exact) mass is 452 g/mol. The molecule has 0 fully saturated rings. The van der Waals surface area contributed by atoms with Gasteiger partial charge in [0.25, 0.3) is 5.69 Å². The molecule has 0 radical (unpaired) electrons. The second-order valence-electron chi connectivity index (χ2n) is 6.46. The van der Waals surface area contributed by atoms with Crippen LogP contribution in [0.25, 0.3) is 22.6 Å². The highest BCUT2D eigenvalue weighted by atomic mass is 32.2. The van der Waals surface area contributed by atoms with Crippen molar-refractivity contribution >= 4 is 45.6 Å². The molecule has 0 bridgehead atoms. The van der Waals surface area contributed by atoms with Gasteiger partial charge in [-0.1, -0.05) is 0 Å². The number of carbonyl (C=O) groups is 2. The molecular formula is C21H13FN4O5S. The number of nitrogens with one attached hydrogen (secondary N) is 2. The van der Waals surface area contributed by atoms with Gasteiger partial charge in [-0.2, -0.15) is 0 Å². The molecule has 2 amide bonds. The molecule has 11 heteroatoms. The molecule has 1 aromatic heterocycles. The van der Waals surface area contributed by atoms with Gasteiger partial charge >= 0.3 is 6.03 Å². The summed E-state index contributed by atoms with van der Waals surface area (Å²) in [6.07, 6.45) is 0. The summed E-state index contributed by atoms with van der Waals surface area (Å²) in [4.78, 5) is 38.7. The molecule has 32 heavy (non-hydrogen) atoms. The fourth-order valence-corrected chi connectivity index (χ4v) is 3.24. The number of hydrogen-bond donors (Lipinski definition) is 2. The van der Waals surface area contributed by atoms with Gasteiger partial charge in [0.15, 0.2) is 5.58 Å². The molecule has 4 rings (SSSR count). The second kappa shape index (κ2) is 8.86. The number of anilines is 1. The number of carbonyl (C=O) groups excluding carboxylic acids is 2. The Morgan fingerprint density at radius 3 is 2.44 bits per heavy atom. The predicted molar refractivity (Wildman–Crippen MR) is 117 cm³/mol. The lowest BCUT2D eigenvalue weighted by molar-refractivity contribution is -0.384. The minimum atomic E-state index is -0.646. The van der Waals surface area contributed by atoms with E-state index in [1.54, 1.807) is 30.3 Å². The number of halogens is 1. The van der Waals surface area contributed by atoms with E-state index in [-0.39, 0.29) is 17.1 Å². The van der Waals surface area contributed by atoms with Gasteiger partial charge in [0.2, 0.25) is 11.0 Å². The summed E-state index contributed by atoms with van der Waals surface area (Å²) < 4.78 is 21.1. The number of rotatable bonds is 4. The summed E-state index contributed by atoms with van der Waals surface area (Å²) >= 11 is 0.542. The minimum absolute atomic E-state index is 0.136. The van der Waals surface area contributed by atoms with Crippen LogP contribution in [-0.2, 0) is 0 Å². The van der Waals surface area contributed by atoms with Crippen LogP contribution < -0.4 is 10.0 Å². The fraction of sp³-hybridized carbons (Fsp3) is 0. The third-order valence-corrected chi connectivity index (χ3v) is 5.00. The number of oxazole rings is 1. The van der Waals surface area contributed by atoms with Crippen LogP contribution >= 0.6 is 11.9 Å². The number of nitrogens with zero attached hydrogens (tertiary/aromatic N) is 2. The molecule has 0 spiro atoms. The Morgan fingerprint density at radius 1 is 1.03 bits per heavy atom. The molecular weight excluding hydrogens is 439 g/mol. The topological polar surface area (TPSA) is 127 Å². The summed E-state index contributed by atoms with van der Waals surface area (Å²) in [7, 11) is 0. The maximum absolute atomic E-state index is 13.1. The Labute approximate surface area is 183 Å². The van der Waals surface area contributed by atoms with Crippen molar-refractivity contribution in [2.24, 2.45) is 0 Å². The van der Waals surface area contributed by atoms with E-state index < -0.39 is 16.1 Å². The Hall–Kier alpha value is -4.25. The van der Waals surface area contributed by atoms with E-state index in [2.05, 4.69) is 15.0 Å². The number of fused-ring (bicyclic) bond motifs is 1. The number of nitro groups is 1. The fourth-order valence-electron chi connectivity index (χ4n) is 2.75. The maximum Gasteiger partial charge on any atom is 0.329 e. The molecule has 3 aromatic carbocycles. The maximum atomic E-state index is 13.1. The Bertz CT molecular complexity index is 1320. The van der Waals surface area contributed by atoms with Crippen LogP contribution in [0, 0.1) is 15.9 Å². The number of urea groups is 1. The van der Waals surface area contributed by atoms with Gasteiger partial charge < -0.3 is 9.73 Å². The van der Waals surface area contributed by atoms with Crippen molar-refractivity contribution in [1.29, 1.82) is 0 Å². The average Bonchev–Trinajstić information content (AvgIpc) is 3.21. The first-order valence-corrected chi connectivity index (χ1v) is 9.90. The molecule has 4 aromatic rings. The molecule has 0 saturated heterocycles. The van der Waals surface area contributed by atoms with Crippen LogP contribution in [0.4, 0.5) is 20.6 Å². The second-order valence-corrected chi connectivity index (χ2v) is 7.24. The summed E-state index contributed by atoms with van der Waals surface area (Å²) in [6.45, 7) is 0. The van der Waals surface area contributed by atoms with E-state index >= 15 is 0 Å². The van der Waals surface area contributed by atoms with E-state index in [1.165, 1.54) is 36.4 Å². The zero-order chi connectivity index (χ0) is 22.7. The Kier molecular flexibility index (Phi) is 5.81. The quantitative estimate of drug-likeness (QED) is 0.249. The van der Waals surface area contributed by atoms with Crippen LogP contribution in [-0.4, -0.2) is 21.1 Å². The summed E-state index contributed by atoms with van der Waals surface area (Å²) in [5, 5.41) is 12.8. The molecule has 1 heterocycles. The lowest BCUT2D eigenvalue weighted by Crippen LogP contribution is -2.24. The lowest BCUT2D eigenvalue weighted by atomic mass is 10.2. The predicted octanol–water partition coefficient (Wildman–Crippen LogP) is 5.15. The van der Waals surface area contributed by atoms with Crippen molar-refractivity contribution < 1.29 is 23.3 Å². The van der Waals surface area contributed by atoms with E-state index in [9.17, 15) is 24.1 Å². The minimum Gasteiger partial charge on any atom is -0.436 e.